The van der Waals surface area contributed by atoms with E-state index in [-0.39, 0.29) is 5.91 Å². The van der Waals surface area contributed by atoms with E-state index in [1.807, 2.05) is 25.9 Å². The van der Waals surface area contributed by atoms with Crippen molar-refractivity contribution in [3.8, 4) is 6.07 Å². The number of amides is 1. The predicted octanol–water partition coefficient (Wildman–Crippen LogP) is 1.33. The summed E-state index contributed by atoms with van der Waals surface area (Å²) in [6.07, 6.45) is 0.569. The van der Waals surface area contributed by atoms with Gasteiger partial charge in [0.05, 0.1) is 6.07 Å². The van der Waals surface area contributed by atoms with Crippen molar-refractivity contribution in [1.29, 1.82) is 5.26 Å². The Bertz CT molecular complexity index is 334. The summed E-state index contributed by atoms with van der Waals surface area (Å²) in [5.41, 5.74) is -0.860. The first-order valence-corrected chi connectivity index (χ1v) is 6.22. The van der Waals surface area contributed by atoms with Crippen LogP contribution in [0.2, 0.25) is 0 Å². The molecule has 0 spiro atoms. The van der Waals surface area contributed by atoms with Gasteiger partial charge in [-0.3, -0.25) is 4.79 Å². The molecular formula is C13H23N3O. The maximum absolute atomic E-state index is 12.3. The number of likely N-dealkylation sites (tertiary alicyclic amines) is 1. The van der Waals surface area contributed by atoms with E-state index >= 15 is 0 Å². The van der Waals surface area contributed by atoms with Crippen LogP contribution in [0.25, 0.3) is 0 Å². The molecule has 1 heterocycles. The molecule has 0 bridgehead atoms. The zero-order chi connectivity index (χ0) is 13.2. The summed E-state index contributed by atoms with van der Waals surface area (Å²) in [7, 11) is 4.08. The molecule has 0 radical (unpaired) electrons. The minimum atomic E-state index is -0.860. The number of nitrogens with zero attached hydrogens (tertiary/aromatic N) is 3. The first-order valence-electron chi connectivity index (χ1n) is 6.22. The van der Waals surface area contributed by atoms with Crippen LogP contribution in [-0.4, -0.2) is 48.9 Å². The number of rotatable bonds is 3. The zero-order valence-corrected chi connectivity index (χ0v) is 11.5. The van der Waals surface area contributed by atoms with Gasteiger partial charge in [0.1, 0.15) is 5.41 Å². The molecule has 1 rings (SSSR count). The zero-order valence-electron chi connectivity index (χ0n) is 11.5. The Balaban J connectivity index is 2.78. The summed E-state index contributed by atoms with van der Waals surface area (Å²) in [6.45, 7) is 7.30. The van der Waals surface area contributed by atoms with Gasteiger partial charge >= 0.3 is 0 Å². The normalized spacial score (nSPS) is 27.9. The SMILES string of the molecule is CCC(C)(C#N)C(=O)N1CC(C)C(N(C)C)C1. The fraction of sp³-hybridized carbons (Fsp3) is 0.846. The molecule has 1 aliphatic heterocycles. The van der Waals surface area contributed by atoms with Crippen molar-refractivity contribution in [2.75, 3.05) is 27.2 Å². The summed E-state index contributed by atoms with van der Waals surface area (Å²) >= 11 is 0. The lowest BCUT2D eigenvalue weighted by Gasteiger charge is -2.26. The maximum atomic E-state index is 12.3. The van der Waals surface area contributed by atoms with Crippen LogP contribution in [0.5, 0.6) is 0 Å². The highest BCUT2D eigenvalue weighted by molar-refractivity contribution is 5.85. The summed E-state index contributed by atoms with van der Waals surface area (Å²) in [5.74, 6) is 0.451. The Kier molecular flexibility index (Phi) is 4.16. The van der Waals surface area contributed by atoms with E-state index in [9.17, 15) is 4.79 Å². The first kappa shape index (κ1) is 14.0. The van der Waals surface area contributed by atoms with Gasteiger partial charge in [-0.25, -0.2) is 0 Å². The fourth-order valence-electron chi connectivity index (χ4n) is 2.41. The number of carbonyl (C=O) groups is 1. The monoisotopic (exact) mass is 237 g/mol. The number of nitriles is 1. The molecule has 0 aromatic carbocycles. The second-order valence-corrected chi connectivity index (χ2v) is 5.52. The highest BCUT2D eigenvalue weighted by atomic mass is 16.2. The summed E-state index contributed by atoms with van der Waals surface area (Å²) in [4.78, 5) is 16.3. The molecule has 0 aromatic heterocycles. The molecule has 0 aliphatic carbocycles. The third-order valence-electron chi connectivity index (χ3n) is 3.95. The van der Waals surface area contributed by atoms with Crippen LogP contribution in [0.15, 0.2) is 0 Å². The van der Waals surface area contributed by atoms with Crippen molar-refractivity contribution < 1.29 is 4.79 Å². The van der Waals surface area contributed by atoms with Crippen LogP contribution >= 0.6 is 0 Å². The van der Waals surface area contributed by atoms with Crippen molar-refractivity contribution in [1.82, 2.24) is 9.80 Å². The molecule has 3 atom stereocenters. The van der Waals surface area contributed by atoms with Crippen molar-refractivity contribution >= 4 is 5.91 Å². The Morgan fingerprint density at radius 1 is 1.53 bits per heavy atom. The minimum absolute atomic E-state index is 0.0151. The van der Waals surface area contributed by atoms with Crippen molar-refractivity contribution in [2.24, 2.45) is 11.3 Å². The third kappa shape index (κ3) is 2.61. The van der Waals surface area contributed by atoms with E-state index in [0.29, 0.717) is 18.4 Å². The molecule has 96 valence electrons. The molecule has 4 nitrogen and oxygen atoms in total. The molecule has 1 saturated heterocycles. The molecule has 1 fully saturated rings. The molecule has 4 heteroatoms. The number of hydrogen-bond donors (Lipinski definition) is 0. The molecule has 17 heavy (non-hydrogen) atoms. The van der Waals surface area contributed by atoms with Gasteiger partial charge in [0, 0.05) is 19.1 Å². The van der Waals surface area contributed by atoms with Crippen LogP contribution in [0.1, 0.15) is 27.2 Å². The lowest BCUT2D eigenvalue weighted by Crippen LogP contribution is -2.42. The topological polar surface area (TPSA) is 47.3 Å². The van der Waals surface area contributed by atoms with Gasteiger partial charge in [0.15, 0.2) is 0 Å². The maximum Gasteiger partial charge on any atom is 0.242 e. The molecule has 0 N–H and O–H groups in total. The summed E-state index contributed by atoms with van der Waals surface area (Å²) in [6, 6.07) is 2.56. The van der Waals surface area contributed by atoms with Crippen molar-refractivity contribution in [2.45, 2.75) is 33.2 Å². The predicted molar refractivity (Wildman–Crippen MR) is 67.2 cm³/mol. The van der Waals surface area contributed by atoms with E-state index < -0.39 is 5.41 Å². The third-order valence-corrected chi connectivity index (χ3v) is 3.95. The van der Waals surface area contributed by atoms with Crippen LogP contribution in [-0.2, 0) is 4.79 Å². The fourth-order valence-corrected chi connectivity index (χ4v) is 2.41. The van der Waals surface area contributed by atoms with Crippen LogP contribution in [0, 0.1) is 22.7 Å². The Labute approximate surface area is 104 Å². The molecule has 1 amide bonds. The average Bonchev–Trinajstić information content (AvgIpc) is 2.69. The lowest BCUT2D eigenvalue weighted by molar-refractivity contribution is -0.137. The van der Waals surface area contributed by atoms with Gasteiger partial charge < -0.3 is 9.80 Å². The Morgan fingerprint density at radius 2 is 2.12 bits per heavy atom. The Hall–Kier alpha value is -1.08. The Morgan fingerprint density at radius 3 is 2.47 bits per heavy atom. The van der Waals surface area contributed by atoms with Gasteiger partial charge in [-0.1, -0.05) is 13.8 Å². The second kappa shape index (κ2) is 5.05. The first-order chi connectivity index (χ1) is 7.85. The van der Waals surface area contributed by atoms with Crippen LogP contribution in [0.4, 0.5) is 0 Å². The van der Waals surface area contributed by atoms with Crippen molar-refractivity contribution in [3.05, 3.63) is 0 Å². The summed E-state index contributed by atoms with van der Waals surface area (Å²) in [5, 5.41) is 9.15. The average molecular weight is 237 g/mol. The number of hydrogen-bond acceptors (Lipinski definition) is 3. The van der Waals surface area contributed by atoms with E-state index in [0.717, 1.165) is 13.1 Å². The van der Waals surface area contributed by atoms with Crippen LogP contribution < -0.4 is 0 Å². The van der Waals surface area contributed by atoms with Gasteiger partial charge in [-0.05, 0) is 33.4 Å². The molecule has 0 aromatic rings. The molecule has 0 saturated carbocycles. The lowest BCUT2D eigenvalue weighted by atomic mass is 9.88. The molecular weight excluding hydrogens is 214 g/mol. The quantitative estimate of drug-likeness (QED) is 0.744. The van der Waals surface area contributed by atoms with E-state index in [2.05, 4.69) is 17.9 Å². The largest absolute Gasteiger partial charge is 0.339 e. The van der Waals surface area contributed by atoms with Gasteiger partial charge in [-0.15, -0.1) is 0 Å². The molecule has 1 aliphatic rings. The highest BCUT2D eigenvalue weighted by Crippen LogP contribution is 2.28. The van der Waals surface area contributed by atoms with E-state index in [4.69, 9.17) is 5.26 Å². The van der Waals surface area contributed by atoms with Gasteiger partial charge in [0.25, 0.3) is 0 Å². The van der Waals surface area contributed by atoms with E-state index in [1.165, 1.54) is 0 Å². The summed E-state index contributed by atoms with van der Waals surface area (Å²) < 4.78 is 0. The minimum Gasteiger partial charge on any atom is -0.339 e. The number of carbonyl (C=O) groups excluding carboxylic acids is 1. The van der Waals surface area contributed by atoms with E-state index in [1.54, 1.807) is 6.92 Å². The standard InChI is InChI=1S/C13H23N3O/c1-6-13(3,9-14)12(17)16-7-10(2)11(8-16)15(4)5/h10-11H,6-8H2,1-5H3. The van der Waals surface area contributed by atoms with Crippen LogP contribution in [0.3, 0.4) is 0 Å². The van der Waals surface area contributed by atoms with Gasteiger partial charge in [0.2, 0.25) is 5.91 Å². The molecule has 3 unspecified atom stereocenters. The smallest absolute Gasteiger partial charge is 0.242 e. The highest BCUT2D eigenvalue weighted by Gasteiger charge is 2.41. The van der Waals surface area contributed by atoms with Crippen molar-refractivity contribution in [3.63, 3.8) is 0 Å². The van der Waals surface area contributed by atoms with Gasteiger partial charge in [-0.2, -0.15) is 5.26 Å². The number of likely N-dealkylation sites (N-methyl/N-ethyl adjacent to an activating group) is 1. The second-order valence-electron chi connectivity index (χ2n) is 5.52.